The average molecular weight is 399 g/mol. The number of hydrogen-bond donors (Lipinski definition) is 1. The van der Waals surface area contributed by atoms with E-state index < -0.39 is 11.7 Å². The second-order valence-electron chi connectivity index (χ2n) is 6.97. The predicted octanol–water partition coefficient (Wildman–Crippen LogP) is 2.60. The molecular weight excluding hydrogens is 375 g/mol. The first-order valence-corrected chi connectivity index (χ1v) is 9.44. The third kappa shape index (κ3) is 4.88. The number of piperazine rings is 1. The Morgan fingerprint density at radius 2 is 1.79 bits per heavy atom. The highest BCUT2D eigenvalue weighted by molar-refractivity contribution is 5.83. The number of carbonyl (C=O) groups is 2. The molecule has 6 nitrogen and oxygen atoms in total. The van der Waals surface area contributed by atoms with E-state index in [1.54, 1.807) is 16.7 Å². The summed E-state index contributed by atoms with van der Waals surface area (Å²) < 4.78 is 45.1. The molecule has 2 amide bonds. The zero-order valence-corrected chi connectivity index (χ0v) is 15.7. The lowest BCUT2D eigenvalue weighted by atomic mass is 10.1. The molecule has 3 rings (SSSR count). The fourth-order valence-corrected chi connectivity index (χ4v) is 3.22. The lowest BCUT2D eigenvalue weighted by molar-refractivity contribution is -0.139. The molecule has 1 saturated carbocycles. The first-order chi connectivity index (χ1) is 13.3. The van der Waals surface area contributed by atoms with Gasteiger partial charge < -0.3 is 19.9 Å². The minimum Gasteiger partial charge on any atom is -0.494 e. The van der Waals surface area contributed by atoms with E-state index in [4.69, 9.17) is 4.74 Å². The molecule has 1 aromatic carbocycles. The molecular formula is C19H24F3N3O3. The standard InChI is InChI=1S/C19H24F3N3O3/c1-2-28-14-5-6-16(15(11-14)19(20,21)22)23-12-17(26)24-7-9-25(10-8-24)18(27)13-3-4-13/h5-6,11,13,23H,2-4,7-10,12H2,1H3. The van der Waals surface area contributed by atoms with Crippen LogP contribution in [0.4, 0.5) is 18.9 Å². The number of hydrogen-bond acceptors (Lipinski definition) is 4. The number of ether oxygens (including phenoxy) is 1. The molecule has 2 aliphatic rings. The van der Waals surface area contributed by atoms with Crippen molar-refractivity contribution >= 4 is 17.5 Å². The number of rotatable bonds is 6. The SMILES string of the molecule is CCOc1ccc(NCC(=O)N2CCN(C(=O)C3CC3)CC2)c(C(F)(F)F)c1. The summed E-state index contributed by atoms with van der Waals surface area (Å²) >= 11 is 0. The Balaban J connectivity index is 1.56. The van der Waals surface area contributed by atoms with Crippen molar-refractivity contribution in [1.82, 2.24) is 9.80 Å². The molecule has 1 aliphatic carbocycles. The molecule has 9 heteroatoms. The van der Waals surface area contributed by atoms with Crippen molar-refractivity contribution in [1.29, 1.82) is 0 Å². The third-order valence-electron chi connectivity index (χ3n) is 4.91. The van der Waals surface area contributed by atoms with Crippen molar-refractivity contribution in [3.8, 4) is 5.75 Å². The minimum absolute atomic E-state index is 0.128. The summed E-state index contributed by atoms with van der Waals surface area (Å²) in [5.41, 5.74) is -1.03. The molecule has 0 unspecified atom stereocenters. The Morgan fingerprint density at radius 1 is 1.14 bits per heavy atom. The summed E-state index contributed by atoms with van der Waals surface area (Å²) in [6.07, 6.45) is -2.69. The zero-order chi connectivity index (χ0) is 20.3. The Hall–Kier alpha value is -2.45. The number of amides is 2. The predicted molar refractivity (Wildman–Crippen MR) is 97.0 cm³/mol. The molecule has 1 saturated heterocycles. The van der Waals surface area contributed by atoms with Gasteiger partial charge in [-0.15, -0.1) is 0 Å². The van der Waals surface area contributed by atoms with E-state index in [1.165, 1.54) is 12.1 Å². The number of benzene rings is 1. The first-order valence-electron chi connectivity index (χ1n) is 9.44. The summed E-state index contributed by atoms with van der Waals surface area (Å²) in [7, 11) is 0. The summed E-state index contributed by atoms with van der Waals surface area (Å²) in [6, 6.07) is 3.64. The number of halogens is 3. The van der Waals surface area contributed by atoms with Crippen molar-refractivity contribution in [2.45, 2.75) is 25.9 Å². The average Bonchev–Trinajstić information content (AvgIpc) is 3.51. The Labute approximate surface area is 161 Å². The quantitative estimate of drug-likeness (QED) is 0.799. The van der Waals surface area contributed by atoms with Gasteiger partial charge in [0.2, 0.25) is 11.8 Å². The van der Waals surface area contributed by atoms with Crippen molar-refractivity contribution in [3.63, 3.8) is 0 Å². The lowest BCUT2D eigenvalue weighted by Gasteiger charge is -2.35. The van der Waals surface area contributed by atoms with Crippen LogP contribution in [0.3, 0.4) is 0 Å². The first kappa shape index (κ1) is 20.3. The van der Waals surface area contributed by atoms with Gasteiger partial charge in [0.25, 0.3) is 0 Å². The van der Waals surface area contributed by atoms with Crippen molar-refractivity contribution in [3.05, 3.63) is 23.8 Å². The molecule has 1 aliphatic heterocycles. The number of nitrogens with one attached hydrogen (secondary N) is 1. The van der Waals surface area contributed by atoms with Crippen LogP contribution in [-0.4, -0.2) is 60.9 Å². The molecule has 1 aromatic rings. The fraction of sp³-hybridized carbons (Fsp3) is 0.579. The Kier molecular flexibility index (Phi) is 6.00. The van der Waals surface area contributed by atoms with E-state index in [-0.39, 0.29) is 42.3 Å². The van der Waals surface area contributed by atoms with E-state index in [0.29, 0.717) is 26.2 Å². The van der Waals surface area contributed by atoms with Gasteiger partial charge in [0, 0.05) is 37.8 Å². The van der Waals surface area contributed by atoms with Gasteiger partial charge in [0.15, 0.2) is 0 Å². The van der Waals surface area contributed by atoms with E-state index in [0.717, 1.165) is 18.9 Å². The Bertz CT molecular complexity index is 727. The fourth-order valence-electron chi connectivity index (χ4n) is 3.22. The minimum atomic E-state index is -4.56. The van der Waals surface area contributed by atoms with Gasteiger partial charge in [-0.1, -0.05) is 0 Å². The molecule has 28 heavy (non-hydrogen) atoms. The maximum atomic E-state index is 13.3. The Morgan fingerprint density at radius 3 is 2.36 bits per heavy atom. The van der Waals surface area contributed by atoms with Crippen molar-refractivity contribution in [2.75, 3.05) is 44.6 Å². The number of alkyl halides is 3. The number of nitrogens with zero attached hydrogens (tertiary/aromatic N) is 2. The van der Waals surface area contributed by atoms with Crippen LogP contribution in [0.1, 0.15) is 25.3 Å². The van der Waals surface area contributed by atoms with E-state index in [1.807, 2.05) is 0 Å². The van der Waals surface area contributed by atoms with Crippen LogP contribution >= 0.6 is 0 Å². The van der Waals surface area contributed by atoms with Gasteiger partial charge in [0.05, 0.1) is 18.7 Å². The second kappa shape index (κ2) is 8.28. The van der Waals surface area contributed by atoms with Gasteiger partial charge in [-0.3, -0.25) is 9.59 Å². The van der Waals surface area contributed by atoms with Crippen LogP contribution in [0.15, 0.2) is 18.2 Å². The highest BCUT2D eigenvalue weighted by atomic mass is 19.4. The topological polar surface area (TPSA) is 61.9 Å². The van der Waals surface area contributed by atoms with E-state index in [2.05, 4.69) is 5.32 Å². The van der Waals surface area contributed by atoms with E-state index in [9.17, 15) is 22.8 Å². The van der Waals surface area contributed by atoms with Crippen LogP contribution in [0.5, 0.6) is 5.75 Å². The van der Waals surface area contributed by atoms with Crippen molar-refractivity contribution in [2.24, 2.45) is 5.92 Å². The highest BCUT2D eigenvalue weighted by Crippen LogP contribution is 2.37. The molecule has 0 aromatic heterocycles. The maximum absolute atomic E-state index is 13.3. The van der Waals surface area contributed by atoms with Gasteiger partial charge in [-0.25, -0.2) is 0 Å². The molecule has 0 spiro atoms. The van der Waals surface area contributed by atoms with Crippen LogP contribution in [0.25, 0.3) is 0 Å². The van der Waals surface area contributed by atoms with Crippen LogP contribution < -0.4 is 10.1 Å². The number of carbonyl (C=O) groups excluding carboxylic acids is 2. The van der Waals surface area contributed by atoms with Crippen LogP contribution in [0.2, 0.25) is 0 Å². The molecule has 0 bridgehead atoms. The van der Waals surface area contributed by atoms with Crippen molar-refractivity contribution < 1.29 is 27.5 Å². The smallest absolute Gasteiger partial charge is 0.418 e. The summed E-state index contributed by atoms with van der Waals surface area (Å²) in [5, 5.41) is 2.60. The monoisotopic (exact) mass is 399 g/mol. The van der Waals surface area contributed by atoms with Gasteiger partial charge in [0.1, 0.15) is 5.75 Å². The summed E-state index contributed by atoms with van der Waals surface area (Å²) in [4.78, 5) is 27.8. The van der Waals surface area contributed by atoms with Crippen LogP contribution in [-0.2, 0) is 15.8 Å². The molecule has 0 atom stereocenters. The van der Waals surface area contributed by atoms with Gasteiger partial charge in [-0.05, 0) is 38.0 Å². The molecule has 1 N–H and O–H groups in total. The lowest BCUT2D eigenvalue weighted by Crippen LogP contribution is -2.52. The summed E-state index contributed by atoms with van der Waals surface area (Å²) in [5.74, 6) is 0.127. The number of anilines is 1. The van der Waals surface area contributed by atoms with Crippen LogP contribution in [0, 0.1) is 5.92 Å². The molecule has 2 fully saturated rings. The third-order valence-corrected chi connectivity index (χ3v) is 4.91. The zero-order valence-electron chi connectivity index (χ0n) is 15.7. The van der Waals surface area contributed by atoms with Gasteiger partial charge in [-0.2, -0.15) is 13.2 Å². The largest absolute Gasteiger partial charge is 0.494 e. The molecule has 1 heterocycles. The normalized spacial score (nSPS) is 17.4. The van der Waals surface area contributed by atoms with E-state index >= 15 is 0 Å². The summed E-state index contributed by atoms with van der Waals surface area (Å²) in [6.45, 7) is 3.44. The molecule has 0 radical (unpaired) electrons. The second-order valence-corrected chi connectivity index (χ2v) is 6.97. The maximum Gasteiger partial charge on any atom is 0.418 e. The molecule has 154 valence electrons. The highest BCUT2D eigenvalue weighted by Gasteiger charge is 2.36. The van der Waals surface area contributed by atoms with Gasteiger partial charge >= 0.3 is 6.18 Å².